The van der Waals surface area contributed by atoms with Crippen molar-refractivity contribution in [1.82, 2.24) is 4.98 Å². The van der Waals surface area contributed by atoms with Gasteiger partial charge in [0.25, 0.3) is 0 Å². The van der Waals surface area contributed by atoms with E-state index < -0.39 is 11.9 Å². The first-order chi connectivity index (χ1) is 9.32. The molecule has 0 atom stereocenters. The molecule has 0 unspecified atom stereocenters. The molecule has 0 radical (unpaired) electrons. The lowest BCUT2D eigenvalue weighted by atomic mass is 10.1. The van der Waals surface area contributed by atoms with Crippen LogP contribution in [0.15, 0.2) is 18.2 Å². The zero-order valence-corrected chi connectivity index (χ0v) is 12.3. The lowest BCUT2D eigenvalue weighted by Gasteiger charge is -2.04. The standard InChI is InChI=1S/C12H9Cl2F3N2S/c13-7-2-1-3-8(14)6(7)4-10-19-11(12(15,16)17)9(5-18)20-10/h1-3H,4-5,18H2. The molecule has 0 saturated heterocycles. The second-order valence-corrected chi connectivity index (χ2v) is 5.94. The maximum atomic E-state index is 12.8. The van der Waals surface area contributed by atoms with Crippen LogP contribution in [0.1, 0.15) is 21.1 Å². The lowest BCUT2D eigenvalue weighted by molar-refractivity contribution is -0.141. The van der Waals surface area contributed by atoms with Crippen molar-refractivity contribution in [2.45, 2.75) is 19.1 Å². The van der Waals surface area contributed by atoms with Crippen LogP contribution in [0.5, 0.6) is 0 Å². The molecule has 1 aromatic carbocycles. The van der Waals surface area contributed by atoms with Crippen LogP contribution in [0, 0.1) is 0 Å². The third-order valence-corrected chi connectivity index (χ3v) is 4.37. The van der Waals surface area contributed by atoms with Crippen LogP contribution in [0.3, 0.4) is 0 Å². The van der Waals surface area contributed by atoms with E-state index in [1.54, 1.807) is 18.2 Å². The van der Waals surface area contributed by atoms with Gasteiger partial charge in [0.15, 0.2) is 5.69 Å². The molecule has 2 N–H and O–H groups in total. The highest BCUT2D eigenvalue weighted by Crippen LogP contribution is 2.36. The molecule has 20 heavy (non-hydrogen) atoms. The number of nitrogens with zero attached hydrogens (tertiary/aromatic N) is 1. The topological polar surface area (TPSA) is 38.9 Å². The molecule has 0 aliphatic rings. The number of benzene rings is 1. The quantitative estimate of drug-likeness (QED) is 0.892. The summed E-state index contributed by atoms with van der Waals surface area (Å²) in [6.07, 6.45) is -4.36. The van der Waals surface area contributed by atoms with Crippen LogP contribution in [0.4, 0.5) is 13.2 Å². The molecule has 1 aromatic heterocycles. The number of aromatic nitrogens is 1. The van der Waals surface area contributed by atoms with Gasteiger partial charge < -0.3 is 5.73 Å². The second kappa shape index (κ2) is 5.89. The van der Waals surface area contributed by atoms with Gasteiger partial charge in [0.05, 0.1) is 9.88 Å². The van der Waals surface area contributed by atoms with E-state index in [-0.39, 0.29) is 22.9 Å². The van der Waals surface area contributed by atoms with Crippen molar-refractivity contribution >= 4 is 34.5 Å². The molecule has 2 nitrogen and oxygen atoms in total. The van der Waals surface area contributed by atoms with Gasteiger partial charge in [-0.3, -0.25) is 0 Å². The summed E-state index contributed by atoms with van der Waals surface area (Å²) < 4.78 is 38.3. The van der Waals surface area contributed by atoms with Crippen LogP contribution in [0.25, 0.3) is 0 Å². The van der Waals surface area contributed by atoms with Gasteiger partial charge in [-0.25, -0.2) is 4.98 Å². The molecule has 108 valence electrons. The first-order valence-electron chi connectivity index (χ1n) is 5.51. The van der Waals surface area contributed by atoms with E-state index in [2.05, 4.69) is 4.98 Å². The smallest absolute Gasteiger partial charge is 0.326 e. The van der Waals surface area contributed by atoms with Gasteiger partial charge in [-0.1, -0.05) is 29.3 Å². The van der Waals surface area contributed by atoms with E-state index >= 15 is 0 Å². The van der Waals surface area contributed by atoms with Crippen molar-refractivity contribution in [2.75, 3.05) is 0 Å². The van der Waals surface area contributed by atoms with Crippen LogP contribution in [-0.4, -0.2) is 4.98 Å². The number of thiazole rings is 1. The molecule has 0 saturated carbocycles. The average Bonchev–Trinajstić information content (AvgIpc) is 2.77. The highest BCUT2D eigenvalue weighted by Gasteiger charge is 2.37. The number of alkyl halides is 3. The predicted molar refractivity (Wildman–Crippen MR) is 74.3 cm³/mol. The second-order valence-electron chi connectivity index (χ2n) is 3.96. The molecule has 2 aromatic rings. The van der Waals surface area contributed by atoms with Crippen LogP contribution in [-0.2, 0) is 19.1 Å². The lowest BCUT2D eigenvalue weighted by Crippen LogP contribution is -2.10. The molecular formula is C12H9Cl2F3N2S. The maximum absolute atomic E-state index is 12.8. The van der Waals surface area contributed by atoms with E-state index in [1.165, 1.54) is 0 Å². The zero-order valence-electron chi connectivity index (χ0n) is 9.97. The molecule has 2 rings (SSSR count). The van der Waals surface area contributed by atoms with Crippen molar-refractivity contribution in [2.24, 2.45) is 5.73 Å². The summed E-state index contributed by atoms with van der Waals surface area (Å²) in [5, 5.41) is 1.08. The summed E-state index contributed by atoms with van der Waals surface area (Å²) >= 11 is 12.9. The summed E-state index contributed by atoms with van der Waals surface area (Å²) in [6.45, 7) is -0.206. The maximum Gasteiger partial charge on any atom is 0.434 e. The van der Waals surface area contributed by atoms with Gasteiger partial charge in [-0.05, 0) is 17.7 Å². The van der Waals surface area contributed by atoms with Gasteiger partial charge in [-0.2, -0.15) is 13.2 Å². The van der Waals surface area contributed by atoms with E-state index in [0.717, 1.165) is 11.3 Å². The summed E-state index contributed by atoms with van der Waals surface area (Å²) in [5.74, 6) is 0. The highest BCUT2D eigenvalue weighted by atomic mass is 35.5. The summed E-state index contributed by atoms with van der Waals surface area (Å²) in [4.78, 5) is 3.64. The van der Waals surface area contributed by atoms with Gasteiger partial charge >= 0.3 is 6.18 Å². The number of hydrogen-bond donors (Lipinski definition) is 1. The molecule has 0 aliphatic heterocycles. The predicted octanol–water partition coefficient (Wildman–Crippen LogP) is 4.52. The Morgan fingerprint density at radius 2 is 1.80 bits per heavy atom. The van der Waals surface area contributed by atoms with E-state index in [1.807, 2.05) is 0 Å². The Morgan fingerprint density at radius 1 is 1.20 bits per heavy atom. The molecule has 1 heterocycles. The fraction of sp³-hybridized carbons (Fsp3) is 0.250. The number of nitrogens with two attached hydrogens (primary N) is 1. The van der Waals surface area contributed by atoms with Crippen molar-refractivity contribution in [3.05, 3.63) is 49.4 Å². The van der Waals surface area contributed by atoms with Gasteiger partial charge in [-0.15, -0.1) is 11.3 Å². The third kappa shape index (κ3) is 3.25. The SMILES string of the molecule is NCc1sc(Cc2c(Cl)cccc2Cl)nc1C(F)(F)F. The number of rotatable bonds is 3. The molecule has 0 aliphatic carbocycles. The van der Waals surface area contributed by atoms with E-state index in [0.29, 0.717) is 15.6 Å². The van der Waals surface area contributed by atoms with E-state index in [4.69, 9.17) is 28.9 Å². The monoisotopic (exact) mass is 340 g/mol. The first kappa shape index (κ1) is 15.6. The summed E-state index contributed by atoms with van der Waals surface area (Å²) in [7, 11) is 0. The Hall–Kier alpha value is -0.820. The minimum atomic E-state index is -4.51. The average molecular weight is 341 g/mol. The highest BCUT2D eigenvalue weighted by molar-refractivity contribution is 7.11. The molecule has 8 heteroatoms. The van der Waals surface area contributed by atoms with Gasteiger partial charge in [0, 0.05) is 23.0 Å². The Balaban J connectivity index is 2.38. The van der Waals surface area contributed by atoms with Gasteiger partial charge in [0.1, 0.15) is 0 Å². The fourth-order valence-electron chi connectivity index (χ4n) is 1.69. The summed E-state index contributed by atoms with van der Waals surface area (Å²) in [6, 6.07) is 4.93. The number of hydrogen-bond acceptors (Lipinski definition) is 3. The zero-order chi connectivity index (χ0) is 14.9. The Bertz CT molecular complexity index is 605. The van der Waals surface area contributed by atoms with Gasteiger partial charge in [0.2, 0.25) is 0 Å². The minimum Gasteiger partial charge on any atom is -0.326 e. The van der Waals surface area contributed by atoms with Crippen LogP contribution in [0.2, 0.25) is 10.0 Å². The molecule has 0 fully saturated rings. The van der Waals surface area contributed by atoms with Crippen LogP contribution >= 0.6 is 34.5 Å². The summed E-state index contributed by atoms with van der Waals surface area (Å²) in [5.41, 5.74) is 4.96. The Labute approximate surface area is 127 Å². The van der Waals surface area contributed by atoms with Crippen molar-refractivity contribution < 1.29 is 13.2 Å². The van der Waals surface area contributed by atoms with E-state index in [9.17, 15) is 13.2 Å². The van der Waals surface area contributed by atoms with Crippen LogP contribution < -0.4 is 5.73 Å². The van der Waals surface area contributed by atoms with Crippen molar-refractivity contribution in [3.8, 4) is 0 Å². The molecule has 0 spiro atoms. The Morgan fingerprint density at radius 3 is 2.25 bits per heavy atom. The normalized spacial score (nSPS) is 11.9. The first-order valence-corrected chi connectivity index (χ1v) is 7.09. The molecule has 0 amide bonds. The number of halogens is 5. The Kier molecular flexibility index (Phi) is 4.59. The third-order valence-electron chi connectivity index (χ3n) is 2.59. The molecular weight excluding hydrogens is 332 g/mol. The van der Waals surface area contributed by atoms with Crippen molar-refractivity contribution in [3.63, 3.8) is 0 Å². The molecule has 0 bridgehead atoms. The minimum absolute atomic E-state index is 0.00989. The van der Waals surface area contributed by atoms with Crippen molar-refractivity contribution in [1.29, 1.82) is 0 Å². The largest absolute Gasteiger partial charge is 0.434 e. The fourth-order valence-corrected chi connectivity index (χ4v) is 3.20.